The molecule has 0 saturated carbocycles. The van der Waals surface area contributed by atoms with Crippen molar-refractivity contribution in [2.24, 2.45) is 0 Å². The summed E-state index contributed by atoms with van der Waals surface area (Å²) < 4.78 is 0. The van der Waals surface area contributed by atoms with Gasteiger partial charge in [0.15, 0.2) is 5.06 Å². The number of rotatable bonds is 3. The fraction of sp³-hybridized carbons (Fsp3) is 0.273. The number of fused-ring (bicyclic) bond motifs is 1. The third-order valence-corrected chi connectivity index (χ3v) is 3.07. The van der Waals surface area contributed by atoms with Crippen LogP contribution >= 0.6 is 23.2 Å². The third-order valence-electron chi connectivity index (χ3n) is 2.22. The summed E-state index contributed by atoms with van der Waals surface area (Å²) in [5, 5.41) is 9.23. The highest BCUT2D eigenvalue weighted by atomic mass is 35.5. The van der Waals surface area contributed by atoms with E-state index >= 15 is 0 Å². The minimum atomic E-state index is -1.37. The van der Waals surface area contributed by atoms with Gasteiger partial charge in [0.2, 0.25) is 0 Å². The van der Waals surface area contributed by atoms with Crippen LogP contribution in [0.15, 0.2) is 24.4 Å². The molecule has 2 N–H and O–H groups in total. The summed E-state index contributed by atoms with van der Waals surface area (Å²) in [6.45, 7) is 0. The van der Waals surface area contributed by atoms with Gasteiger partial charge in [0.1, 0.15) is 0 Å². The van der Waals surface area contributed by atoms with Crippen LogP contribution in [-0.4, -0.2) is 21.0 Å². The Kier molecular flexibility index (Phi) is 2.91. The summed E-state index contributed by atoms with van der Waals surface area (Å²) in [6.07, 6.45) is 2.08. The molecule has 0 aliphatic carbocycles. The van der Waals surface area contributed by atoms with Crippen molar-refractivity contribution in [2.75, 3.05) is 5.88 Å². The van der Waals surface area contributed by atoms with Crippen molar-refractivity contribution in [2.45, 2.75) is 11.5 Å². The van der Waals surface area contributed by atoms with E-state index in [0.29, 0.717) is 6.42 Å². The number of aromatic amines is 1. The van der Waals surface area contributed by atoms with E-state index in [1.807, 2.05) is 18.2 Å². The highest BCUT2D eigenvalue weighted by molar-refractivity contribution is 6.29. The van der Waals surface area contributed by atoms with Crippen LogP contribution in [0.3, 0.4) is 0 Å². The molecule has 1 aromatic heterocycles. The molecule has 0 unspecified atom stereocenters. The molecule has 79 valence electrons. The van der Waals surface area contributed by atoms with Crippen molar-refractivity contribution >= 4 is 34.1 Å². The summed E-state index contributed by atoms with van der Waals surface area (Å²) in [6, 6.07) is 8.83. The molecule has 0 spiro atoms. The van der Waals surface area contributed by atoms with Crippen LogP contribution in [0.4, 0.5) is 0 Å². The largest absolute Gasteiger partial charge is 0.373 e. The van der Waals surface area contributed by atoms with Crippen molar-refractivity contribution < 1.29 is 5.11 Å². The molecule has 1 aromatic carbocycles. The fourth-order valence-electron chi connectivity index (χ4n) is 1.50. The molecule has 2 rings (SSSR count). The van der Waals surface area contributed by atoms with E-state index in [1.54, 1.807) is 6.20 Å². The normalized spacial score (nSPS) is 15.4. The lowest BCUT2D eigenvalue weighted by Gasteiger charge is -2.17. The first-order chi connectivity index (χ1) is 7.11. The van der Waals surface area contributed by atoms with Crippen LogP contribution in [0.1, 0.15) is 5.56 Å². The van der Waals surface area contributed by atoms with Crippen molar-refractivity contribution in [3.05, 3.63) is 36.0 Å². The average molecular weight is 243 g/mol. The molecular weight excluding hydrogens is 233 g/mol. The van der Waals surface area contributed by atoms with Gasteiger partial charge in [-0.2, -0.15) is 0 Å². The van der Waals surface area contributed by atoms with Gasteiger partial charge >= 0.3 is 0 Å². The van der Waals surface area contributed by atoms with Crippen molar-refractivity contribution in [1.82, 2.24) is 4.98 Å². The smallest absolute Gasteiger partial charge is 0.156 e. The van der Waals surface area contributed by atoms with Crippen molar-refractivity contribution in [3.63, 3.8) is 0 Å². The van der Waals surface area contributed by atoms with E-state index < -0.39 is 5.06 Å². The first kappa shape index (κ1) is 10.8. The third kappa shape index (κ3) is 2.46. The van der Waals surface area contributed by atoms with Gasteiger partial charge in [0, 0.05) is 29.6 Å². The second kappa shape index (κ2) is 4.05. The van der Waals surface area contributed by atoms with Gasteiger partial charge in [-0.15, -0.1) is 11.6 Å². The summed E-state index contributed by atoms with van der Waals surface area (Å²) >= 11 is 11.3. The number of alkyl halides is 2. The van der Waals surface area contributed by atoms with Crippen molar-refractivity contribution in [3.8, 4) is 0 Å². The number of hydrogen-bond donors (Lipinski definition) is 2. The standard InChI is InChI=1S/C11H10Cl2NO/c12-7-11(13,15)6-8-1-2-10-9(5-8)3-4-14-10/h1-2,4-5,14-15H,6-7H2/t11-/m1/s1. The predicted octanol–water partition coefficient (Wildman–Crippen LogP) is 2.68. The van der Waals surface area contributed by atoms with E-state index in [1.165, 1.54) is 0 Å². The molecule has 2 nitrogen and oxygen atoms in total. The number of nitrogens with one attached hydrogen (secondary N) is 1. The first-order valence-electron chi connectivity index (χ1n) is 4.56. The van der Waals surface area contributed by atoms with Crippen LogP contribution in [-0.2, 0) is 6.42 Å². The molecule has 1 heterocycles. The maximum Gasteiger partial charge on any atom is 0.156 e. The molecule has 4 heteroatoms. The van der Waals surface area contributed by atoms with Gasteiger partial charge < -0.3 is 10.1 Å². The Balaban J connectivity index is 2.28. The lowest BCUT2D eigenvalue weighted by atomic mass is 10.1. The molecule has 1 atom stereocenters. The number of benzene rings is 1. The second-order valence-electron chi connectivity index (χ2n) is 3.54. The average Bonchev–Trinajstić information content (AvgIpc) is 2.64. The highest BCUT2D eigenvalue weighted by Crippen LogP contribution is 2.22. The van der Waals surface area contributed by atoms with Gasteiger partial charge in [0.25, 0.3) is 0 Å². The minimum absolute atomic E-state index is 0.00342. The monoisotopic (exact) mass is 242 g/mol. The van der Waals surface area contributed by atoms with E-state index in [9.17, 15) is 5.11 Å². The Labute approximate surface area is 97.8 Å². The molecular formula is C11H10Cl2NO. The Morgan fingerprint density at radius 1 is 1.47 bits per heavy atom. The number of H-pyrrole nitrogens is 1. The maximum absolute atomic E-state index is 9.61. The Hall–Kier alpha value is -0.700. The van der Waals surface area contributed by atoms with Crippen LogP contribution < -0.4 is 0 Å². The predicted molar refractivity (Wildman–Crippen MR) is 62.4 cm³/mol. The number of aliphatic hydroxyl groups is 1. The van der Waals surface area contributed by atoms with Gasteiger partial charge in [-0.1, -0.05) is 17.7 Å². The zero-order valence-electron chi connectivity index (χ0n) is 7.93. The second-order valence-corrected chi connectivity index (χ2v) is 4.51. The van der Waals surface area contributed by atoms with E-state index in [0.717, 1.165) is 16.5 Å². The maximum atomic E-state index is 9.61. The SMILES string of the molecule is O[C@@](Cl)(CCl)Cc1ccc2[nH]c[c]c2c1. The van der Waals surface area contributed by atoms with Gasteiger partial charge in [-0.25, -0.2) is 0 Å². The number of aromatic nitrogens is 1. The molecule has 1 radical (unpaired) electrons. The van der Waals surface area contributed by atoms with Gasteiger partial charge in [-0.3, -0.25) is 0 Å². The van der Waals surface area contributed by atoms with Gasteiger partial charge in [0.05, 0.1) is 5.88 Å². The highest BCUT2D eigenvalue weighted by Gasteiger charge is 2.22. The molecule has 0 fully saturated rings. The van der Waals surface area contributed by atoms with Crippen molar-refractivity contribution in [1.29, 1.82) is 0 Å². The Morgan fingerprint density at radius 2 is 2.27 bits per heavy atom. The zero-order valence-corrected chi connectivity index (χ0v) is 9.44. The number of hydrogen-bond acceptors (Lipinski definition) is 1. The van der Waals surface area contributed by atoms with E-state index in [2.05, 4.69) is 11.1 Å². The Morgan fingerprint density at radius 3 is 3.00 bits per heavy atom. The van der Waals surface area contributed by atoms with Crippen LogP contribution in [0, 0.1) is 6.07 Å². The molecule has 0 amide bonds. The summed E-state index contributed by atoms with van der Waals surface area (Å²) in [5.41, 5.74) is 1.96. The van der Waals surface area contributed by atoms with Crippen LogP contribution in [0.5, 0.6) is 0 Å². The van der Waals surface area contributed by atoms with E-state index in [4.69, 9.17) is 23.2 Å². The van der Waals surface area contributed by atoms with Crippen LogP contribution in [0.2, 0.25) is 0 Å². The van der Waals surface area contributed by atoms with Crippen LogP contribution in [0.25, 0.3) is 10.9 Å². The summed E-state index contributed by atoms with van der Waals surface area (Å²) in [4.78, 5) is 3.05. The minimum Gasteiger partial charge on any atom is -0.373 e. The molecule has 0 aliphatic heterocycles. The summed E-state index contributed by atoms with van der Waals surface area (Å²) in [7, 11) is 0. The zero-order chi connectivity index (χ0) is 10.9. The molecule has 0 aliphatic rings. The lowest BCUT2D eigenvalue weighted by Crippen LogP contribution is -2.25. The van der Waals surface area contributed by atoms with Gasteiger partial charge in [-0.05, 0) is 17.7 Å². The lowest BCUT2D eigenvalue weighted by molar-refractivity contribution is 0.153. The van der Waals surface area contributed by atoms with E-state index in [-0.39, 0.29) is 5.88 Å². The molecule has 0 bridgehead atoms. The first-order valence-corrected chi connectivity index (χ1v) is 5.47. The fourth-order valence-corrected chi connectivity index (χ4v) is 1.75. The molecule has 0 saturated heterocycles. The number of halogens is 2. The molecule has 2 aromatic rings. The summed E-state index contributed by atoms with van der Waals surface area (Å²) in [5.74, 6) is 0.00342. The Bertz CT molecular complexity index is 464. The molecule has 15 heavy (non-hydrogen) atoms. The topological polar surface area (TPSA) is 36.0 Å². The quantitative estimate of drug-likeness (QED) is 0.799.